The lowest BCUT2D eigenvalue weighted by Crippen LogP contribution is -2.25. The number of aliphatic carboxylic acids is 1. The summed E-state index contributed by atoms with van der Waals surface area (Å²) in [5.74, 6) is -1.22. The van der Waals surface area contributed by atoms with Gasteiger partial charge in [0.25, 0.3) is 0 Å². The number of amides is 2. The highest BCUT2D eigenvalue weighted by Crippen LogP contribution is 2.20. The molecular weight excluding hydrogens is 276 g/mol. The minimum Gasteiger partial charge on any atom is -0.482 e. The first-order valence-corrected chi connectivity index (χ1v) is 6.45. The van der Waals surface area contributed by atoms with E-state index < -0.39 is 12.6 Å². The van der Waals surface area contributed by atoms with Crippen LogP contribution < -0.4 is 10.1 Å². The van der Waals surface area contributed by atoms with Gasteiger partial charge in [-0.05, 0) is 24.3 Å². The normalized spacial score (nSPS) is 17.7. The molecule has 1 aliphatic rings. The Morgan fingerprint density at radius 3 is 2.57 bits per heavy atom. The van der Waals surface area contributed by atoms with Crippen molar-refractivity contribution in [3.8, 4) is 5.75 Å². The van der Waals surface area contributed by atoms with Gasteiger partial charge in [0.2, 0.25) is 11.8 Å². The summed E-state index contributed by atoms with van der Waals surface area (Å²) >= 11 is 0. The lowest BCUT2D eigenvalue weighted by atomic mass is 10.1. The number of anilines is 1. The van der Waals surface area contributed by atoms with Crippen molar-refractivity contribution < 1.29 is 24.2 Å². The van der Waals surface area contributed by atoms with Gasteiger partial charge in [0.1, 0.15) is 5.75 Å². The van der Waals surface area contributed by atoms with E-state index in [1.54, 1.807) is 31.3 Å². The molecule has 2 N–H and O–H groups in total. The molecule has 1 aromatic carbocycles. The molecule has 1 saturated heterocycles. The standard InChI is InChI=1S/C14H16N2O5/c1-16-7-9(6-12(16)17)14(20)15-10-2-4-11(5-3-10)21-8-13(18)19/h2-5,9H,6-8H2,1H3,(H,15,20)(H,18,19). The van der Waals surface area contributed by atoms with E-state index in [9.17, 15) is 14.4 Å². The zero-order valence-corrected chi connectivity index (χ0v) is 11.5. The van der Waals surface area contributed by atoms with Crippen molar-refractivity contribution in [1.29, 1.82) is 0 Å². The van der Waals surface area contributed by atoms with Gasteiger partial charge in [0.15, 0.2) is 6.61 Å². The van der Waals surface area contributed by atoms with Crippen LogP contribution in [0.4, 0.5) is 5.69 Å². The van der Waals surface area contributed by atoms with Gasteiger partial charge < -0.3 is 20.1 Å². The molecule has 7 heteroatoms. The van der Waals surface area contributed by atoms with Gasteiger partial charge in [-0.15, -0.1) is 0 Å². The van der Waals surface area contributed by atoms with Crippen LogP contribution in [0.1, 0.15) is 6.42 Å². The van der Waals surface area contributed by atoms with Crippen LogP contribution in [-0.2, 0) is 14.4 Å². The van der Waals surface area contributed by atoms with Crippen molar-refractivity contribution in [1.82, 2.24) is 4.90 Å². The van der Waals surface area contributed by atoms with E-state index in [2.05, 4.69) is 5.32 Å². The molecule has 21 heavy (non-hydrogen) atoms. The summed E-state index contributed by atoms with van der Waals surface area (Å²) < 4.78 is 4.99. The second-order valence-corrected chi connectivity index (χ2v) is 4.87. The summed E-state index contributed by atoms with van der Waals surface area (Å²) in [5, 5.41) is 11.2. The number of benzene rings is 1. The molecule has 1 atom stereocenters. The molecule has 0 aliphatic carbocycles. The second-order valence-electron chi connectivity index (χ2n) is 4.87. The smallest absolute Gasteiger partial charge is 0.341 e. The number of hydrogen-bond acceptors (Lipinski definition) is 4. The van der Waals surface area contributed by atoms with Gasteiger partial charge in [-0.1, -0.05) is 0 Å². The van der Waals surface area contributed by atoms with Gasteiger partial charge in [-0.2, -0.15) is 0 Å². The molecule has 1 aliphatic heterocycles. The average molecular weight is 292 g/mol. The van der Waals surface area contributed by atoms with Gasteiger partial charge >= 0.3 is 5.97 Å². The molecular formula is C14H16N2O5. The van der Waals surface area contributed by atoms with Crippen LogP contribution in [0.25, 0.3) is 0 Å². The highest BCUT2D eigenvalue weighted by Gasteiger charge is 2.32. The molecule has 1 aromatic rings. The van der Waals surface area contributed by atoms with Gasteiger partial charge in [0, 0.05) is 25.7 Å². The van der Waals surface area contributed by atoms with Crippen molar-refractivity contribution in [3.63, 3.8) is 0 Å². The van der Waals surface area contributed by atoms with E-state index in [0.717, 1.165) is 0 Å². The van der Waals surface area contributed by atoms with Crippen molar-refractivity contribution in [2.24, 2.45) is 5.92 Å². The molecule has 7 nitrogen and oxygen atoms in total. The van der Waals surface area contributed by atoms with Crippen LogP contribution in [0, 0.1) is 5.92 Å². The molecule has 2 rings (SSSR count). The highest BCUT2D eigenvalue weighted by atomic mass is 16.5. The Labute approximate surface area is 121 Å². The fourth-order valence-corrected chi connectivity index (χ4v) is 2.06. The first-order valence-electron chi connectivity index (χ1n) is 6.45. The monoisotopic (exact) mass is 292 g/mol. The first-order chi connectivity index (χ1) is 9.95. The van der Waals surface area contributed by atoms with Crippen molar-refractivity contribution >= 4 is 23.5 Å². The topological polar surface area (TPSA) is 95.9 Å². The number of nitrogens with zero attached hydrogens (tertiary/aromatic N) is 1. The summed E-state index contributed by atoms with van der Waals surface area (Å²) in [5.41, 5.74) is 0.574. The number of carbonyl (C=O) groups is 3. The van der Waals surface area contributed by atoms with Gasteiger partial charge in [0.05, 0.1) is 5.92 Å². The number of nitrogens with one attached hydrogen (secondary N) is 1. The Morgan fingerprint density at radius 1 is 1.38 bits per heavy atom. The van der Waals surface area contributed by atoms with Crippen molar-refractivity contribution in [2.45, 2.75) is 6.42 Å². The summed E-state index contributed by atoms with van der Waals surface area (Å²) in [6, 6.07) is 6.39. The van der Waals surface area contributed by atoms with Gasteiger partial charge in [-0.25, -0.2) is 4.79 Å². The summed E-state index contributed by atoms with van der Waals surface area (Å²) in [6.45, 7) is 0.00665. The molecule has 1 unspecified atom stereocenters. The van der Waals surface area contributed by atoms with E-state index in [-0.39, 0.29) is 24.2 Å². The Hall–Kier alpha value is -2.57. The predicted octanol–water partition coefficient (Wildman–Crippen LogP) is 0.567. The average Bonchev–Trinajstić information content (AvgIpc) is 2.78. The predicted molar refractivity (Wildman–Crippen MR) is 73.9 cm³/mol. The molecule has 0 aromatic heterocycles. The molecule has 112 valence electrons. The number of carboxylic acids is 1. The van der Waals surface area contributed by atoms with Crippen LogP contribution in [-0.4, -0.2) is 48.0 Å². The number of rotatable bonds is 5. The van der Waals surface area contributed by atoms with Crippen LogP contribution in [0.5, 0.6) is 5.75 Å². The second kappa shape index (κ2) is 6.25. The summed E-state index contributed by atoms with van der Waals surface area (Å²) in [7, 11) is 1.67. The third-order valence-corrected chi connectivity index (χ3v) is 3.20. The van der Waals surface area contributed by atoms with Crippen molar-refractivity contribution in [2.75, 3.05) is 25.5 Å². The number of likely N-dealkylation sites (tertiary alicyclic amines) is 1. The molecule has 0 saturated carbocycles. The van der Waals surface area contributed by atoms with Crippen LogP contribution in [0.3, 0.4) is 0 Å². The number of hydrogen-bond donors (Lipinski definition) is 2. The Bertz CT molecular complexity index is 555. The molecule has 1 heterocycles. The van der Waals surface area contributed by atoms with Crippen molar-refractivity contribution in [3.05, 3.63) is 24.3 Å². The third-order valence-electron chi connectivity index (χ3n) is 3.20. The van der Waals surface area contributed by atoms with E-state index in [1.165, 1.54) is 4.90 Å². The number of ether oxygens (including phenoxy) is 1. The maximum Gasteiger partial charge on any atom is 0.341 e. The fourth-order valence-electron chi connectivity index (χ4n) is 2.06. The molecule has 0 spiro atoms. The Kier molecular flexibility index (Phi) is 4.42. The maximum atomic E-state index is 12.0. The maximum absolute atomic E-state index is 12.0. The highest BCUT2D eigenvalue weighted by molar-refractivity contribution is 5.97. The third kappa shape index (κ3) is 3.95. The largest absolute Gasteiger partial charge is 0.482 e. The lowest BCUT2D eigenvalue weighted by molar-refractivity contribution is -0.139. The summed E-state index contributed by atoms with van der Waals surface area (Å²) in [4.78, 5) is 35.3. The fraction of sp³-hybridized carbons (Fsp3) is 0.357. The Morgan fingerprint density at radius 2 is 2.05 bits per heavy atom. The number of carboxylic acid groups (broad SMARTS) is 1. The minimum atomic E-state index is -1.05. The minimum absolute atomic E-state index is 0.0347. The van der Waals surface area contributed by atoms with E-state index >= 15 is 0 Å². The zero-order valence-electron chi connectivity index (χ0n) is 11.5. The van der Waals surface area contributed by atoms with E-state index in [4.69, 9.17) is 9.84 Å². The first kappa shape index (κ1) is 14.8. The quantitative estimate of drug-likeness (QED) is 0.827. The van der Waals surface area contributed by atoms with E-state index in [0.29, 0.717) is 18.0 Å². The van der Waals surface area contributed by atoms with Gasteiger partial charge in [-0.3, -0.25) is 9.59 Å². The molecule has 2 amide bonds. The van der Waals surface area contributed by atoms with Crippen LogP contribution in [0.15, 0.2) is 24.3 Å². The van der Waals surface area contributed by atoms with Crippen LogP contribution in [0.2, 0.25) is 0 Å². The summed E-state index contributed by atoms with van der Waals surface area (Å²) in [6.07, 6.45) is 0.224. The molecule has 1 fully saturated rings. The number of carbonyl (C=O) groups excluding carboxylic acids is 2. The van der Waals surface area contributed by atoms with E-state index in [1.807, 2.05) is 0 Å². The Balaban J connectivity index is 1.89. The zero-order chi connectivity index (χ0) is 15.4. The molecule has 0 bridgehead atoms. The lowest BCUT2D eigenvalue weighted by Gasteiger charge is -2.11. The van der Waals surface area contributed by atoms with Crippen LogP contribution >= 0.6 is 0 Å². The SMILES string of the molecule is CN1CC(C(=O)Nc2ccc(OCC(=O)O)cc2)CC1=O. The molecule has 0 radical (unpaired) electrons.